The van der Waals surface area contributed by atoms with Crippen LogP contribution < -0.4 is 0 Å². The summed E-state index contributed by atoms with van der Waals surface area (Å²) < 4.78 is 0. The molecule has 0 spiro atoms. The highest BCUT2D eigenvalue weighted by molar-refractivity contribution is 7.07. The number of amides is 2. The van der Waals surface area contributed by atoms with Crippen molar-refractivity contribution in [2.75, 3.05) is 26.2 Å². The van der Waals surface area contributed by atoms with Crippen molar-refractivity contribution in [3.8, 4) is 0 Å². The monoisotopic (exact) mass is 282 g/mol. The van der Waals surface area contributed by atoms with Crippen molar-refractivity contribution in [1.82, 2.24) is 9.80 Å². The van der Waals surface area contributed by atoms with Gasteiger partial charge in [-0.2, -0.15) is 11.3 Å². The molecule has 1 aliphatic heterocycles. The standard InChI is InChI=1S/C13H18N2O3S/c1-10(16)14-3-4-15(8-12(17)7-14)13(18)6-11-2-5-19-9-11/h2,5,9,12,17H,3-4,6-8H2,1H3/t12-/m0/s1. The first kappa shape index (κ1) is 14.0. The van der Waals surface area contributed by atoms with Crippen molar-refractivity contribution in [3.05, 3.63) is 22.4 Å². The fraction of sp³-hybridized carbons (Fsp3) is 0.538. The average Bonchev–Trinajstić information content (AvgIpc) is 2.76. The predicted octanol–water partition coefficient (Wildman–Crippen LogP) is 0.342. The number of β-amino-alcohol motifs (C(OH)–C–C–N with tert-alkyl or cyclic N) is 1. The highest BCUT2D eigenvalue weighted by Gasteiger charge is 2.25. The molecule has 1 aromatic heterocycles. The van der Waals surface area contributed by atoms with E-state index in [-0.39, 0.29) is 11.8 Å². The van der Waals surface area contributed by atoms with Crippen LogP contribution in [-0.4, -0.2) is 59.0 Å². The van der Waals surface area contributed by atoms with Gasteiger partial charge >= 0.3 is 0 Å². The Hall–Kier alpha value is -1.40. The number of rotatable bonds is 2. The van der Waals surface area contributed by atoms with E-state index in [0.717, 1.165) is 5.56 Å². The number of thiophene rings is 1. The van der Waals surface area contributed by atoms with Gasteiger partial charge in [0.2, 0.25) is 11.8 Å². The van der Waals surface area contributed by atoms with Gasteiger partial charge in [-0.1, -0.05) is 0 Å². The summed E-state index contributed by atoms with van der Waals surface area (Å²) in [5.41, 5.74) is 0.997. The zero-order valence-electron chi connectivity index (χ0n) is 10.9. The Morgan fingerprint density at radius 1 is 1.37 bits per heavy atom. The fourth-order valence-electron chi connectivity index (χ4n) is 2.18. The quantitative estimate of drug-likeness (QED) is 0.851. The third kappa shape index (κ3) is 3.78. The maximum Gasteiger partial charge on any atom is 0.227 e. The number of hydrogen-bond donors (Lipinski definition) is 1. The molecule has 0 aromatic carbocycles. The molecule has 1 N–H and O–H groups in total. The van der Waals surface area contributed by atoms with Crippen molar-refractivity contribution in [2.45, 2.75) is 19.4 Å². The Bertz CT molecular complexity index is 447. The number of aliphatic hydroxyl groups excluding tert-OH is 1. The maximum atomic E-state index is 12.2. The Morgan fingerprint density at radius 2 is 2.05 bits per heavy atom. The van der Waals surface area contributed by atoms with Gasteiger partial charge in [0.05, 0.1) is 12.5 Å². The lowest BCUT2D eigenvalue weighted by atomic mass is 10.2. The lowest BCUT2D eigenvalue weighted by Gasteiger charge is -2.21. The molecule has 1 fully saturated rings. The molecule has 2 rings (SSSR count). The van der Waals surface area contributed by atoms with Gasteiger partial charge in [-0.05, 0) is 22.4 Å². The van der Waals surface area contributed by atoms with E-state index in [4.69, 9.17) is 0 Å². The van der Waals surface area contributed by atoms with E-state index in [0.29, 0.717) is 32.6 Å². The second-order valence-electron chi connectivity index (χ2n) is 4.77. The van der Waals surface area contributed by atoms with Crippen molar-refractivity contribution in [2.24, 2.45) is 0 Å². The Kier molecular flexibility index (Phi) is 4.55. The maximum absolute atomic E-state index is 12.2. The van der Waals surface area contributed by atoms with Crippen LogP contribution in [0.5, 0.6) is 0 Å². The van der Waals surface area contributed by atoms with Crippen LogP contribution in [0.3, 0.4) is 0 Å². The minimum Gasteiger partial charge on any atom is -0.389 e. The molecule has 2 amide bonds. The van der Waals surface area contributed by atoms with Gasteiger partial charge in [0.1, 0.15) is 0 Å². The molecule has 2 heterocycles. The molecule has 0 aliphatic carbocycles. The molecule has 1 aromatic rings. The molecule has 1 atom stereocenters. The lowest BCUT2D eigenvalue weighted by molar-refractivity contribution is -0.132. The van der Waals surface area contributed by atoms with Crippen molar-refractivity contribution in [1.29, 1.82) is 0 Å². The first-order chi connectivity index (χ1) is 9.06. The molecule has 1 aliphatic rings. The molecule has 19 heavy (non-hydrogen) atoms. The van der Waals surface area contributed by atoms with Crippen LogP contribution in [-0.2, 0) is 16.0 Å². The van der Waals surface area contributed by atoms with E-state index >= 15 is 0 Å². The number of aliphatic hydroxyl groups is 1. The molecule has 0 bridgehead atoms. The number of carbonyl (C=O) groups is 2. The molecule has 104 valence electrons. The van der Waals surface area contributed by atoms with E-state index < -0.39 is 6.10 Å². The summed E-state index contributed by atoms with van der Waals surface area (Å²) in [5.74, 6) is -0.0611. The summed E-state index contributed by atoms with van der Waals surface area (Å²) in [4.78, 5) is 26.7. The van der Waals surface area contributed by atoms with Crippen LogP contribution >= 0.6 is 11.3 Å². The second kappa shape index (κ2) is 6.16. The zero-order valence-corrected chi connectivity index (χ0v) is 11.7. The van der Waals surface area contributed by atoms with E-state index in [1.54, 1.807) is 21.1 Å². The van der Waals surface area contributed by atoms with Crippen LogP contribution in [0.15, 0.2) is 16.8 Å². The van der Waals surface area contributed by atoms with Crippen LogP contribution in [0.4, 0.5) is 0 Å². The first-order valence-electron chi connectivity index (χ1n) is 6.28. The first-order valence-corrected chi connectivity index (χ1v) is 7.23. The van der Waals surface area contributed by atoms with Crippen LogP contribution in [0.2, 0.25) is 0 Å². The largest absolute Gasteiger partial charge is 0.389 e. The summed E-state index contributed by atoms with van der Waals surface area (Å²) in [6.07, 6.45) is -0.311. The Labute approximate surface area is 116 Å². The van der Waals surface area contributed by atoms with Crippen molar-refractivity contribution >= 4 is 23.2 Å². The number of carbonyl (C=O) groups excluding carboxylic acids is 2. The Morgan fingerprint density at radius 3 is 2.68 bits per heavy atom. The highest BCUT2D eigenvalue weighted by atomic mass is 32.1. The zero-order chi connectivity index (χ0) is 13.8. The molecule has 0 radical (unpaired) electrons. The van der Waals surface area contributed by atoms with Gasteiger partial charge in [0.25, 0.3) is 0 Å². The topological polar surface area (TPSA) is 60.9 Å². The summed E-state index contributed by atoms with van der Waals surface area (Å²) in [7, 11) is 0. The summed E-state index contributed by atoms with van der Waals surface area (Å²) in [5, 5.41) is 13.8. The molecule has 1 saturated heterocycles. The molecular weight excluding hydrogens is 264 g/mol. The van der Waals surface area contributed by atoms with Gasteiger partial charge < -0.3 is 14.9 Å². The molecule has 6 heteroatoms. The highest BCUT2D eigenvalue weighted by Crippen LogP contribution is 2.10. The van der Waals surface area contributed by atoms with Gasteiger partial charge in [-0.25, -0.2) is 0 Å². The molecule has 5 nitrogen and oxygen atoms in total. The van der Waals surface area contributed by atoms with Gasteiger partial charge in [-0.3, -0.25) is 9.59 Å². The summed E-state index contributed by atoms with van der Waals surface area (Å²) >= 11 is 1.56. The van der Waals surface area contributed by atoms with Crippen molar-refractivity contribution < 1.29 is 14.7 Å². The predicted molar refractivity (Wildman–Crippen MR) is 72.9 cm³/mol. The van der Waals surface area contributed by atoms with Gasteiger partial charge in [-0.15, -0.1) is 0 Å². The summed E-state index contributed by atoms with van der Waals surface area (Å²) in [6.45, 7) is 3.06. The van der Waals surface area contributed by atoms with Crippen LogP contribution in [0.1, 0.15) is 12.5 Å². The van der Waals surface area contributed by atoms with Crippen LogP contribution in [0.25, 0.3) is 0 Å². The Balaban J connectivity index is 1.96. The van der Waals surface area contributed by atoms with E-state index in [2.05, 4.69) is 0 Å². The van der Waals surface area contributed by atoms with E-state index in [1.165, 1.54) is 6.92 Å². The lowest BCUT2D eigenvalue weighted by Crippen LogP contribution is -2.38. The third-order valence-corrected chi connectivity index (χ3v) is 3.97. The number of hydrogen-bond acceptors (Lipinski definition) is 4. The smallest absolute Gasteiger partial charge is 0.227 e. The normalized spacial score (nSPS) is 20.2. The van der Waals surface area contributed by atoms with Crippen LogP contribution in [0, 0.1) is 0 Å². The average molecular weight is 282 g/mol. The number of nitrogens with zero attached hydrogens (tertiary/aromatic N) is 2. The van der Waals surface area contributed by atoms with Gasteiger partial charge in [0, 0.05) is 33.1 Å². The third-order valence-electron chi connectivity index (χ3n) is 3.24. The van der Waals surface area contributed by atoms with E-state index in [1.807, 2.05) is 16.8 Å². The second-order valence-corrected chi connectivity index (χ2v) is 5.55. The minimum absolute atomic E-state index is 0.00264. The molecular formula is C13H18N2O3S. The van der Waals surface area contributed by atoms with Crippen molar-refractivity contribution in [3.63, 3.8) is 0 Å². The van der Waals surface area contributed by atoms with Gasteiger partial charge in [0.15, 0.2) is 0 Å². The summed E-state index contributed by atoms with van der Waals surface area (Å²) in [6, 6.07) is 1.93. The molecule has 0 unspecified atom stereocenters. The van der Waals surface area contributed by atoms with E-state index in [9.17, 15) is 14.7 Å². The SMILES string of the molecule is CC(=O)N1CCN(C(=O)Cc2ccsc2)C[C@@H](O)C1. The fourth-order valence-corrected chi connectivity index (χ4v) is 2.85. The molecule has 0 saturated carbocycles. The minimum atomic E-state index is -0.669.